The zero-order valence-electron chi connectivity index (χ0n) is 13.3. The van der Waals surface area contributed by atoms with E-state index < -0.39 is 0 Å². The maximum atomic E-state index is 12.2. The Kier molecular flexibility index (Phi) is 6.06. The van der Waals surface area contributed by atoms with E-state index in [4.69, 9.17) is 0 Å². The molecule has 3 nitrogen and oxygen atoms in total. The molecule has 1 aromatic carbocycles. The summed E-state index contributed by atoms with van der Waals surface area (Å²) in [4.78, 5) is 12.2. The van der Waals surface area contributed by atoms with Crippen LogP contribution in [0.1, 0.15) is 43.6 Å². The van der Waals surface area contributed by atoms with Crippen molar-refractivity contribution in [2.75, 3.05) is 11.5 Å². The monoisotopic (exact) mass is 352 g/mol. The van der Waals surface area contributed by atoms with Gasteiger partial charge < -0.3 is 0 Å². The van der Waals surface area contributed by atoms with Crippen LogP contribution in [0.4, 0.5) is 0 Å². The summed E-state index contributed by atoms with van der Waals surface area (Å²) >= 11 is 4.69. The number of Topliss-reactive ketones (excluding diaryl/α,β-unsaturated/α-hetero) is 1. The predicted molar refractivity (Wildman–Crippen MR) is 96.5 cm³/mol. The quantitative estimate of drug-likeness (QED) is 0.545. The molecule has 2 rings (SSSR count). The fraction of sp³-hybridized carbons (Fsp3) is 0.438. The third-order valence-corrected chi connectivity index (χ3v) is 6.13. The van der Waals surface area contributed by atoms with Crippen molar-refractivity contribution in [3.63, 3.8) is 0 Å². The van der Waals surface area contributed by atoms with Gasteiger partial charge in [-0.25, -0.2) is 0 Å². The van der Waals surface area contributed by atoms with Gasteiger partial charge in [-0.1, -0.05) is 86.8 Å². The average Bonchev–Trinajstić information content (AvgIpc) is 2.92. The molecule has 0 unspecified atom stereocenters. The van der Waals surface area contributed by atoms with Gasteiger partial charge in [0.05, 0.1) is 5.75 Å². The zero-order valence-corrected chi connectivity index (χ0v) is 15.7. The first-order valence-electron chi connectivity index (χ1n) is 7.13. The SMILES string of the molecule is CCSc1nnc(SCC(=O)c2ccc(C(C)(C)C)cc2)s1. The Balaban J connectivity index is 1.94. The summed E-state index contributed by atoms with van der Waals surface area (Å²) in [5.41, 5.74) is 2.10. The third-order valence-electron chi connectivity index (χ3n) is 3.06. The second-order valence-electron chi connectivity index (χ2n) is 5.81. The molecule has 0 amide bonds. The highest BCUT2D eigenvalue weighted by Crippen LogP contribution is 2.29. The van der Waals surface area contributed by atoms with E-state index in [9.17, 15) is 4.79 Å². The second-order valence-corrected chi connectivity index (χ2v) is 9.52. The van der Waals surface area contributed by atoms with Crippen LogP contribution in [0.3, 0.4) is 0 Å². The van der Waals surface area contributed by atoms with Crippen molar-refractivity contribution in [1.29, 1.82) is 0 Å². The lowest BCUT2D eigenvalue weighted by atomic mass is 9.86. The summed E-state index contributed by atoms with van der Waals surface area (Å²) in [6, 6.07) is 7.92. The molecular weight excluding hydrogens is 332 g/mol. The largest absolute Gasteiger partial charge is 0.293 e. The smallest absolute Gasteiger partial charge is 0.175 e. The van der Waals surface area contributed by atoms with Gasteiger partial charge in [0.2, 0.25) is 0 Å². The highest BCUT2D eigenvalue weighted by atomic mass is 32.2. The van der Waals surface area contributed by atoms with Crippen molar-refractivity contribution in [3.05, 3.63) is 35.4 Å². The van der Waals surface area contributed by atoms with Crippen molar-refractivity contribution in [2.24, 2.45) is 0 Å². The Hall–Kier alpha value is -0.850. The summed E-state index contributed by atoms with van der Waals surface area (Å²) in [7, 11) is 0. The zero-order chi connectivity index (χ0) is 16.2. The molecule has 0 bridgehead atoms. The van der Waals surface area contributed by atoms with Gasteiger partial charge in [-0.3, -0.25) is 4.79 Å². The molecule has 22 heavy (non-hydrogen) atoms. The number of rotatable bonds is 6. The Morgan fingerprint density at radius 3 is 2.23 bits per heavy atom. The van der Waals surface area contributed by atoms with E-state index in [1.54, 1.807) is 23.1 Å². The molecule has 2 aromatic rings. The number of ketones is 1. The topological polar surface area (TPSA) is 42.9 Å². The van der Waals surface area contributed by atoms with Gasteiger partial charge in [-0.05, 0) is 16.7 Å². The third kappa shape index (κ3) is 4.83. The van der Waals surface area contributed by atoms with Crippen LogP contribution in [0.25, 0.3) is 0 Å². The Bertz CT molecular complexity index is 630. The van der Waals surface area contributed by atoms with Crippen molar-refractivity contribution in [2.45, 2.75) is 41.8 Å². The molecule has 0 saturated carbocycles. The van der Waals surface area contributed by atoms with Crippen molar-refractivity contribution < 1.29 is 4.79 Å². The molecule has 0 N–H and O–H groups in total. The van der Waals surface area contributed by atoms with E-state index in [0.29, 0.717) is 5.75 Å². The standard InChI is InChI=1S/C16H20N2OS3/c1-5-20-14-17-18-15(22-14)21-10-13(19)11-6-8-12(9-7-11)16(2,3)4/h6-9H,5,10H2,1-4H3. The molecule has 0 saturated heterocycles. The molecule has 1 heterocycles. The van der Waals surface area contributed by atoms with Crippen molar-refractivity contribution in [1.82, 2.24) is 10.2 Å². The van der Waals surface area contributed by atoms with Crippen LogP contribution >= 0.6 is 34.9 Å². The maximum absolute atomic E-state index is 12.2. The molecule has 6 heteroatoms. The van der Waals surface area contributed by atoms with E-state index in [0.717, 1.165) is 20.0 Å². The van der Waals surface area contributed by atoms with Gasteiger partial charge >= 0.3 is 0 Å². The molecule has 1 aromatic heterocycles. The number of carbonyl (C=O) groups excluding carboxylic acids is 1. The van der Waals surface area contributed by atoms with E-state index in [2.05, 4.69) is 37.9 Å². The number of hydrogen-bond donors (Lipinski definition) is 0. The first kappa shape index (κ1) is 17.5. The highest BCUT2D eigenvalue weighted by Gasteiger charge is 2.15. The molecule has 0 aliphatic heterocycles. The van der Waals surface area contributed by atoms with Crippen LogP contribution in [-0.4, -0.2) is 27.5 Å². The first-order valence-corrected chi connectivity index (χ1v) is 9.91. The lowest BCUT2D eigenvalue weighted by Crippen LogP contribution is -2.11. The van der Waals surface area contributed by atoms with Gasteiger partial charge in [-0.2, -0.15) is 0 Å². The normalized spacial score (nSPS) is 11.6. The van der Waals surface area contributed by atoms with E-state index in [-0.39, 0.29) is 11.2 Å². The summed E-state index contributed by atoms with van der Waals surface area (Å²) in [6.07, 6.45) is 0. The molecule has 0 radical (unpaired) electrons. The van der Waals surface area contributed by atoms with Crippen LogP contribution in [-0.2, 0) is 5.41 Å². The van der Waals surface area contributed by atoms with Crippen LogP contribution in [0.15, 0.2) is 32.9 Å². The van der Waals surface area contributed by atoms with E-state index >= 15 is 0 Å². The van der Waals surface area contributed by atoms with Gasteiger partial charge in [-0.15, -0.1) is 10.2 Å². The summed E-state index contributed by atoms with van der Waals surface area (Å²) in [5.74, 6) is 1.52. The fourth-order valence-electron chi connectivity index (χ4n) is 1.80. The lowest BCUT2D eigenvalue weighted by Gasteiger charge is -2.18. The summed E-state index contributed by atoms with van der Waals surface area (Å²) in [5, 5.41) is 8.20. The number of thioether (sulfide) groups is 2. The van der Waals surface area contributed by atoms with Crippen LogP contribution in [0.5, 0.6) is 0 Å². The molecule has 0 aliphatic carbocycles. The maximum Gasteiger partial charge on any atom is 0.175 e. The van der Waals surface area contributed by atoms with Crippen LogP contribution in [0.2, 0.25) is 0 Å². The van der Waals surface area contributed by atoms with Crippen LogP contribution < -0.4 is 0 Å². The summed E-state index contributed by atoms with van der Waals surface area (Å²) < 4.78 is 1.82. The number of carbonyl (C=O) groups is 1. The minimum Gasteiger partial charge on any atom is -0.293 e. The van der Waals surface area contributed by atoms with Crippen molar-refractivity contribution >= 4 is 40.6 Å². The van der Waals surface area contributed by atoms with E-state index in [1.807, 2.05) is 24.3 Å². The van der Waals surface area contributed by atoms with Gasteiger partial charge in [0.15, 0.2) is 14.5 Å². The molecular formula is C16H20N2OS3. The minimum atomic E-state index is 0.107. The first-order chi connectivity index (χ1) is 10.4. The average molecular weight is 353 g/mol. The number of aromatic nitrogens is 2. The van der Waals surface area contributed by atoms with E-state index in [1.165, 1.54) is 17.3 Å². The van der Waals surface area contributed by atoms with Gasteiger partial charge in [0.1, 0.15) is 0 Å². The van der Waals surface area contributed by atoms with Crippen LogP contribution in [0, 0.1) is 0 Å². The van der Waals surface area contributed by atoms with Gasteiger partial charge in [0.25, 0.3) is 0 Å². The second kappa shape index (κ2) is 7.62. The molecule has 0 aliphatic rings. The Morgan fingerprint density at radius 1 is 1.09 bits per heavy atom. The number of nitrogens with zero attached hydrogens (tertiary/aromatic N) is 2. The highest BCUT2D eigenvalue weighted by molar-refractivity contribution is 8.03. The number of benzene rings is 1. The fourth-order valence-corrected chi connectivity index (χ4v) is 4.62. The minimum absolute atomic E-state index is 0.107. The van der Waals surface area contributed by atoms with Crippen molar-refractivity contribution in [3.8, 4) is 0 Å². The molecule has 0 fully saturated rings. The van der Waals surface area contributed by atoms with Gasteiger partial charge in [0, 0.05) is 5.56 Å². The molecule has 0 atom stereocenters. The molecule has 118 valence electrons. The number of hydrogen-bond acceptors (Lipinski definition) is 6. The molecule has 0 spiro atoms. The lowest BCUT2D eigenvalue weighted by molar-refractivity contribution is 0.102. The Labute approximate surface area is 144 Å². The summed E-state index contributed by atoms with van der Waals surface area (Å²) in [6.45, 7) is 8.59. The predicted octanol–water partition coefficient (Wildman–Crippen LogP) is 4.92. The Morgan fingerprint density at radius 2 is 1.68 bits per heavy atom.